The normalized spacial score (nSPS) is 12.4. The Morgan fingerprint density at radius 3 is 1.23 bits per heavy atom. The predicted octanol–water partition coefficient (Wildman–Crippen LogP) is 8.54. The van der Waals surface area contributed by atoms with Crippen LogP contribution in [0.1, 0.15) is 11.6 Å². The molecule has 0 saturated carbocycles. The summed E-state index contributed by atoms with van der Waals surface area (Å²) in [4.78, 5) is 11.7. The van der Waals surface area contributed by atoms with Crippen LogP contribution in [0.15, 0.2) is 0 Å². The summed E-state index contributed by atoms with van der Waals surface area (Å²) in [6.07, 6.45) is 0. The Labute approximate surface area is 202 Å². The zero-order valence-electron chi connectivity index (χ0n) is 11.5. The van der Waals surface area contributed by atoms with E-state index < -0.39 is 7.59 Å². The van der Waals surface area contributed by atoms with Crippen molar-refractivity contribution in [3.8, 4) is 0 Å². The highest BCUT2D eigenvalue weighted by Crippen LogP contribution is 2.48. The molecule has 0 aliphatic heterocycles. The van der Waals surface area contributed by atoms with Crippen molar-refractivity contribution >= 4 is 139 Å². The van der Waals surface area contributed by atoms with Crippen LogP contribution < -0.4 is 5.32 Å². The van der Waals surface area contributed by atoms with E-state index in [2.05, 4.69) is 20.3 Å². The van der Waals surface area contributed by atoms with Gasteiger partial charge in [-0.3, -0.25) is 0 Å². The molecule has 0 saturated heterocycles. The first-order valence-electron chi connectivity index (χ1n) is 5.92. The minimum atomic E-state index is -2.03. The summed E-state index contributed by atoms with van der Waals surface area (Å²) in [5.74, 6) is -0.847. The molecule has 26 heavy (non-hydrogen) atoms. The number of hydrogen-bond donors (Lipinski definition) is 1. The molecule has 1 aromatic carbocycles. The van der Waals surface area contributed by atoms with Crippen molar-refractivity contribution < 1.29 is 0 Å². The minimum Gasteiger partial charge on any atom is -0.321 e. The van der Waals surface area contributed by atoms with Crippen LogP contribution in [0.25, 0.3) is 0 Å². The van der Waals surface area contributed by atoms with Gasteiger partial charge in [0.05, 0.1) is 30.8 Å². The molecule has 1 N–H and O–H groups in total. The molecule has 2 rings (SSSR count). The number of anilines is 2. The van der Waals surface area contributed by atoms with Gasteiger partial charge in [-0.05, 0) is 0 Å². The Balaban J connectivity index is 2.64. The molecule has 1 heterocycles. The van der Waals surface area contributed by atoms with Crippen molar-refractivity contribution in [3.63, 3.8) is 0 Å². The zero-order valence-corrected chi connectivity index (χ0v) is 19.8. The van der Waals surface area contributed by atoms with Crippen LogP contribution in [0.3, 0.4) is 0 Å². The average Bonchev–Trinajstić information content (AvgIpc) is 2.53. The van der Waals surface area contributed by atoms with E-state index in [0.717, 1.165) is 0 Å². The Kier molecular flexibility index (Phi) is 7.71. The van der Waals surface area contributed by atoms with Gasteiger partial charge in [-0.1, -0.05) is 128 Å². The molecule has 15 heteroatoms. The van der Waals surface area contributed by atoms with Crippen molar-refractivity contribution in [1.29, 1.82) is 0 Å². The summed E-state index contributed by atoms with van der Waals surface area (Å²) in [7, 11) is 0. The molecular weight excluding hydrogens is 578 g/mol. The number of nitrogens with one attached hydrogen (secondary N) is 1. The van der Waals surface area contributed by atoms with Crippen molar-refractivity contribution in [2.45, 2.75) is 7.59 Å². The fraction of sp³-hybridized carbons (Fsp3) is 0.182. The van der Waals surface area contributed by atoms with Crippen LogP contribution >= 0.6 is 128 Å². The van der Waals surface area contributed by atoms with Crippen molar-refractivity contribution in [1.82, 2.24) is 15.0 Å². The molecule has 0 atom stereocenters. The Bertz CT molecular complexity index is 797. The highest BCUT2D eigenvalue weighted by atomic mass is 35.6. The lowest BCUT2D eigenvalue weighted by molar-refractivity contribution is 0.851. The maximum atomic E-state index is 6.14. The zero-order chi connectivity index (χ0) is 20.0. The molecular formula is C11HCl11N4. The van der Waals surface area contributed by atoms with E-state index >= 15 is 0 Å². The molecule has 0 spiro atoms. The lowest BCUT2D eigenvalue weighted by Gasteiger charge is -2.17. The first-order chi connectivity index (χ1) is 11.7. The smallest absolute Gasteiger partial charge is 0.250 e. The third-order valence-corrected chi connectivity index (χ3v) is 5.88. The summed E-state index contributed by atoms with van der Waals surface area (Å²) in [5, 5.41) is 2.41. The molecule has 4 nitrogen and oxygen atoms in total. The van der Waals surface area contributed by atoms with E-state index in [9.17, 15) is 0 Å². The number of nitrogens with zero attached hydrogens (tertiary/aromatic N) is 3. The second-order valence-electron chi connectivity index (χ2n) is 4.37. The van der Waals surface area contributed by atoms with E-state index in [-0.39, 0.29) is 48.4 Å². The molecule has 2 aromatic rings. The van der Waals surface area contributed by atoms with Crippen LogP contribution in [-0.4, -0.2) is 15.0 Å². The van der Waals surface area contributed by atoms with Crippen LogP contribution in [0.2, 0.25) is 25.1 Å². The summed E-state index contributed by atoms with van der Waals surface area (Å²) in [6, 6.07) is 0. The van der Waals surface area contributed by atoms with Gasteiger partial charge in [-0.15, -0.1) is 0 Å². The summed E-state index contributed by atoms with van der Waals surface area (Å²) < 4.78 is -4.07. The maximum absolute atomic E-state index is 6.14. The van der Waals surface area contributed by atoms with Gasteiger partial charge < -0.3 is 5.32 Å². The van der Waals surface area contributed by atoms with Gasteiger partial charge in [0.1, 0.15) is 0 Å². The number of hydrogen-bond acceptors (Lipinski definition) is 4. The fourth-order valence-electron chi connectivity index (χ4n) is 1.51. The van der Waals surface area contributed by atoms with E-state index in [0.29, 0.717) is 0 Å². The number of aromatic nitrogens is 3. The number of halogens is 11. The molecule has 0 aliphatic carbocycles. The van der Waals surface area contributed by atoms with Crippen molar-refractivity contribution in [2.75, 3.05) is 5.32 Å². The first kappa shape index (κ1) is 23.5. The van der Waals surface area contributed by atoms with E-state index in [4.69, 9.17) is 128 Å². The standard InChI is InChI=1S/C11HCl11N4/c12-1-2(13)4(15)6(5(16)3(1)14)23-9-25-7(10(17,18)19)24-8(26-9)11(20,21)22/h(H,23,24,25,26). The number of rotatable bonds is 2. The van der Waals surface area contributed by atoms with Crippen LogP contribution in [0.4, 0.5) is 11.6 Å². The molecule has 1 aromatic heterocycles. The highest BCUT2D eigenvalue weighted by Gasteiger charge is 2.34. The quantitative estimate of drug-likeness (QED) is 0.220. The van der Waals surface area contributed by atoms with Gasteiger partial charge in [0.2, 0.25) is 13.5 Å². The average molecular weight is 579 g/mol. The first-order valence-corrected chi connectivity index (χ1v) is 10.1. The lowest BCUT2D eigenvalue weighted by Crippen LogP contribution is -2.17. The third-order valence-electron chi connectivity index (χ3n) is 2.59. The lowest BCUT2D eigenvalue weighted by atomic mass is 10.3. The molecule has 0 unspecified atom stereocenters. The van der Waals surface area contributed by atoms with Gasteiger partial charge in [0.15, 0.2) is 11.6 Å². The van der Waals surface area contributed by atoms with E-state index in [1.807, 2.05) is 0 Å². The fourth-order valence-corrected chi connectivity index (χ4v) is 3.25. The molecule has 0 bridgehead atoms. The van der Waals surface area contributed by atoms with Gasteiger partial charge >= 0.3 is 0 Å². The van der Waals surface area contributed by atoms with E-state index in [1.165, 1.54) is 0 Å². The van der Waals surface area contributed by atoms with Gasteiger partial charge in [0, 0.05) is 0 Å². The third kappa shape index (κ3) is 5.22. The summed E-state index contributed by atoms with van der Waals surface area (Å²) >= 11 is 65.0. The Morgan fingerprint density at radius 2 is 0.885 bits per heavy atom. The highest BCUT2D eigenvalue weighted by molar-refractivity contribution is 6.67. The molecule has 0 amide bonds. The second kappa shape index (κ2) is 8.53. The predicted molar refractivity (Wildman–Crippen MR) is 113 cm³/mol. The van der Waals surface area contributed by atoms with E-state index in [1.54, 1.807) is 0 Å². The SMILES string of the molecule is Clc1c(Cl)c(Cl)c(Nc2nc(C(Cl)(Cl)Cl)nc(C(Cl)(Cl)Cl)n2)c(Cl)c1Cl. The van der Waals surface area contributed by atoms with Crippen molar-refractivity contribution in [3.05, 3.63) is 36.8 Å². The van der Waals surface area contributed by atoms with Crippen molar-refractivity contribution in [2.24, 2.45) is 0 Å². The molecule has 142 valence electrons. The molecule has 0 radical (unpaired) electrons. The summed E-state index contributed by atoms with van der Waals surface area (Å²) in [6.45, 7) is 0. The Morgan fingerprint density at radius 1 is 0.538 bits per heavy atom. The largest absolute Gasteiger partial charge is 0.321 e. The monoisotopic (exact) mass is 574 g/mol. The van der Waals surface area contributed by atoms with Crippen LogP contribution in [0, 0.1) is 0 Å². The van der Waals surface area contributed by atoms with Gasteiger partial charge in [-0.2, -0.15) is 9.97 Å². The minimum absolute atomic E-state index is 0.0319. The Hall–Kier alpha value is 1.22. The van der Waals surface area contributed by atoms with Gasteiger partial charge in [0.25, 0.3) is 0 Å². The number of benzene rings is 1. The molecule has 0 fully saturated rings. The topological polar surface area (TPSA) is 50.7 Å². The van der Waals surface area contributed by atoms with Crippen LogP contribution in [-0.2, 0) is 7.59 Å². The summed E-state index contributed by atoms with van der Waals surface area (Å²) in [5.41, 5.74) is 0.0319. The van der Waals surface area contributed by atoms with Crippen LogP contribution in [0.5, 0.6) is 0 Å². The van der Waals surface area contributed by atoms with Gasteiger partial charge in [-0.25, -0.2) is 4.98 Å². The second-order valence-corrected chi connectivity index (χ2v) is 10.8. The maximum Gasteiger partial charge on any atom is 0.250 e. The molecule has 0 aliphatic rings. The number of alkyl halides is 6.